The lowest BCUT2D eigenvalue weighted by molar-refractivity contribution is -0.361. The summed E-state index contributed by atoms with van der Waals surface area (Å²) in [6, 6.07) is 0. The van der Waals surface area contributed by atoms with Gasteiger partial charge in [0.25, 0.3) is 0 Å². The van der Waals surface area contributed by atoms with Crippen molar-refractivity contribution in [1.82, 2.24) is 0 Å². The van der Waals surface area contributed by atoms with Gasteiger partial charge < -0.3 is 59.8 Å². The Morgan fingerprint density at radius 3 is 2.02 bits per heavy atom. The van der Waals surface area contributed by atoms with E-state index in [9.17, 15) is 50.4 Å². The van der Waals surface area contributed by atoms with Gasteiger partial charge in [-0.25, -0.2) is 4.79 Å². The summed E-state index contributed by atoms with van der Waals surface area (Å²) in [5, 5.41) is 86.2. The average Bonchev–Trinajstić information content (AvgIpc) is 3.10. The molecule has 7 rings (SSSR count). The normalized spacial score (nSPS) is 53.7. The standard InChI is InChI=1S/C42H66O14/c1-19-26(44)27(45)29(47)34(53-19)55-31-28(46)30(48)35(56-32(31)33(49)50)54-25-12-13-39(6)22(38(25,4)5)11-14-40(7)23(39)10-9-20-21-17-37(2,3)15-16-42(21,36(51)52)24(43)18-41(20,40)8/h9,19,21-32,34-35,43-48H,10-18H2,1-8H3,(H,49,50)(H,51,52). The zero-order valence-corrected chi connectivity index (χ0v) is 34.1. The van der Waals surface area contributed by atoms with Gasteiger partial charge in [0.2, 0.25) is 0 Å². The largest absolute Gasteiger partial charge is 0.481 e. The summed E-state index contributed by atoms with van der Waals surface area (Å²) in [6.07, 6.45) is -8.91. The molecule has 0 aromatic heterocycles. The van der Waals surface area contributed by atoms with E-state index in [0.717, 1.165) is 38.5 Å². The molecule has 4 saturated carbocycles. The van der Waals surface area contributed by atoms with E-state index in [0.29, 0.717) is 19.3 Å². The Morgan fingerprint density at radius 2 is 1.38 bits per heavy atom. The van der Waals surface area contributed by atoms with Crippen molar-refractivity contribution < 1.29 is 69.4 Å². The van der Waals surface area contributed by atoms with Gasteiger partial charge in [-0.3, -0.25) is 4.79 Å². The van der Waals surface area contributed by atoms with Gasteiger partial charge in [0.05, 0.1) is 18.3 Å². The Morgan fingerprint density at radius 1 is 0.732 bits per heavy atom. The maximum Gasteiger partial charge on any atom is 0.335 e. The van der Waals surface area contributed by atoms with Gasteiger partial charge in [0.15, 0.2) is 18.7 Å². The van der Waals surface area contributed by atoms with E-state index >= 15 is 0 Å². The van der Waals surface area contributed by atoms with Gasteiger partial charge in [0, 0.05) is 0 Å². The molecule has 318 valence electrons. The fraction of sp³-hybridized carbons (Fsp3) is 0.905. The summed E-state index contributed by atoms with van der Waals surface area (Å²) in [7, 11) is 0. The summed E-state index contributed by atoms with van der Waals surface area (Å²) >= 11 is 0. The number of carbonyl (C=O) groups is 2. The van der Waals surface area contributed by atoms with Crippen molar-refractivity contribution in [3.63, 3.8) is 0 Å². The molecule has 0 amide bonds. The molecule has 19 atom stereocenters. The van der Waals surface area contributed by atoms with Gasteiger partial charge >= 0.3 is 11.9 Å². The van der Waals surface area contributed by atoms with Crippen LogP contribution in [0.15, 0.2) is 11.6 Å². The number of aliphatic hydroxyl groups is 6. The first-order valence-electron chi connectivity index (χ1n) is 20.7. The smallest absolute Gasteiger partial charge is 0.335 e. The monoisotopic (exact) mass is 794 g/mol. The zero-order valence-electron chi connectivity index (χ0n) is 34.1. The topological polar surface area (TPSA) is 233 Å². The molecule has 56 heavy (non-hydrogen) atoms. The third kappa shape index (κ3) is 6.01. The van der Waals surface area contributed by atoms with E-state index in [1.807, 2.05) is 0 Å². The van der Waals surface area contributed by atoms with Crippen molar-refractivity contribution in [1.29, 1.82) is 0 Å². The maximum absolute atomic E-state index is 13.1. The number of ether oxygens (including phenoxy) is 4. The predicted molar refractivity (Wildman–Crippen MR) is 198 cm³/mol. The van der Waals surface area contributed by atoms with E-state index in [1.54, 1.807) is 0 Å². The fourth-order valence-electron chi connectivity index (χ4n) is 13.7. The molecular weight excluding hydrogens is 728 g/mol. The van der Waals surface area contributed by atoms with Crippen LogP contribution in [0.5, 0.6) is 0 Å². The highest BCUT2D eigenvalue weighted by Gasteiger charge is 2.71. The predicted octanol–water partition coefficient (Wildman–Crippen LogP) is 2.97. The van der Waals surface area contributed by atoms with E-state index in [1.165, 1.54) is 12.5 Å². The molecule has 14 nitrogen and oxygen atoms in total. The second kappa shape index (κ2) is 13.9. The van der Waals surface area contributed by atoms with Gasteiger partial charge in [-0.2, -0.15) is 0 Å². The minimum Gasteiger partial charge on any atom is -0.481 e. The SMILES string of the molecule is CC1OC(OC2C(C(=O)O)OC(OC3CCC4(C)C(CCC5(C)C4CC=C4C6CC(C)(C)CCC6(C(=O)O)C(O)CC45C)C3(C)C)C(O)C2O)C(O)C(O)C1O. The molecule has 0 bridgehead atoms. The summed E-state index contributed by atoms with van der Waals surface area (Å²) in [5.74, 6) is -2.24. The van der Waals surface area contributed by atoms with Crippen molar-refractivity contribution in [2.75, 3.05) is 0 Å². The average molecular weight is 795 g/mol. The number of aliphatic carboxylic acids is 2. The molecule has 2 heterocycles. The number of hydrogen-bond donors (Lipinski definition) is 8. The molecule has 0 aromatic carbocycles. The number of carboxylic acids is 2. The van der Waals surface area contributed by atoms with Crippen LogP contribution in [0.3, 0.4) is 0 Å². The fourth-order valence-corrected chi connectivity index (χ4v) is 13.7. The number of aliphatic hydroxyl groups excluding tert-OH is 6. The molecular formula is C42H66O14. The number of fused-ring (bicyclic) bond motifs is 7. The molecule has 0 radical (unpaired) electrons. The second-order valence-electron chi connectivity index (χ2n) is 20.8. The Hall–Kier alpha value is -1.72. The second-order valence-corrected chi connectivity index (χ2v) is 20.8. The van der Waals surface area contributed by atoms with Crippen molar-refractivity contribution >= 4 is 11.9 Å². The van der Waals surface area contributed by atoms with Gasteiger partial charge in [-0.15, -0.1) is 0 Å². The van der Waals surface area contributed by atoms with E-state index in [-0.39, 0.29) is 34.0 Å². The van der Waals surface area contributed by atoms with Crippen LogP contribution in [-0.4, -0.2) is 126 Å². The minimum absolute atomic E-state index is 0.0324. The summed E-state index contributed by atoms with van der Waals surface area (Å²) in [6.45, 7) is 17.1. The lowest BCUT2D eigenvalue weighted by atomic mass is 9.33. The molecule has 6 fully saturated rings. The Kier molecular flexibility index (Phi) is 10.5. The summed E-state index contributed by atoms with van der Waals surface area (Å²) in [4.78, 5) is 25.6. The van der Waals surface area contributed by atoms with Crippen LogP contribution in [0.4, 0.5) is 0 Å². The Bertz CT molecular complexity index is 1580. The van der Waals surface area contributed by atoms with Crippen LogP contribution < -0.4 is 0 Å². The van der Waals surface area contributed by atoms with Crippen LogP contribution in [0, 0.1) is 50.2 Å². The van der Waals surface area contributed by atoms with Crippen molar-refractivity contribution in [3.8, 4) is 0 Å². The molecule has 5 aliphatic carbocycles. The highest BCUT2D eigenvalue weighted by Crippen LogP contribution is 2.76. The minimum atomic E-state index is -1.83. The Labute approximate surface area is 329 Å². The van der Waals surface area contributed by atoms with Crippen molar-refractivity contribution in [2.45, 2.75) is 187 Å². The quantitative estimate of drug-likeness (QED) is 0.143. The van der Waals surface area contributed by atoms with E-state index in [2.05, 4.69) is 54.5 Å². The van der Waals surface area contributed by atoms with E-state index < -0.39 is 102 Å². The van der Waals surface area contributed by atoms with Gasteiger partial charge in [-0.05, 0) is 110 Å². The number of rotatable bonds is 6. The summed E-state index contributed by atoms with van der Waals surface area (Å²) < 4.78 is 23.5. The first kappa shape index (κ1) is 42.4. The molecule has 0 aromatic rings. The van der Waals surface area contributed by atoms with Crippen LogP contribution in [-0.2, 0) is 28.5 Å². The molecule has 0 spiro atoms. The molecule has 2 aliphatic heterocycles. The highest BCUT2D eigenvalue weighted by atomic mass is 16.7. The zero-order chi connectivity index (χ0) is 41.3. The first-order chi connectivity index (χ1) is 25.9. The summed E-state index contributed by atoms with van der Waals surface area (Å²) in [5.41, 5.74) is -1.24. The molecule has 8 N–H and O–H groups in total. The van der Waals surface area contributed by atoms with E-state index in [4.69, 9.17) is 18.9 Å². The van der Waals surface area contributed by atoms with Gasteiger partial charge in [-0.1, -0.05) is 60.1 Å². The number of allylic oxidation sites excluding steroid dienone is 2. The number of carboxylic acid groups (broad SMARTS) is 2. The third-order valence-electron chi connectivity index (χ3n) is 17.2. The van der Waals surface area contributed by atoms with Gasteiger partial charge in [0.1, 0.15) is 42.0 Å². The van der Waals surface area contributed by atoms with Crippen LogP contribution in [0.1, 0.15) is 113 Å². The lowest BCUT2D eigenvalue weighted by Gasteiger charge is -2.71. The van der Waals surface area contributed by atoms with Crippen LogP contribution in [0.25, 0.3) is 0 Å². The lowest BCUT2D eigenvalue weighted by Crippen LogP contribution is -2.68. The van der Waals surface area contributed by atoms with Crippen molar-refractivity contribution in [2.24, 2.45) is 50.2 Å². The molecule has 14 heteroatoms. The molecule has 2 saturated heterocycles. The highest BCUT2D eigenvalue weighted by molar-refractivity contribution is 5.77. The molecule has 7 aliphatic rings. The van der Waals surface area contributed by atoms with Crippen LogP contribution >= 0.6 is 0 Å². The third-order valence-corrected chi connectivity index (χ3v) is 17.2. The molecule has 19 unspecified atom stereocenters. The van der Waals surface area contributed by atoms with Crippen LogP contribution in [0.2, 0.25) is 0 Å². The van der Waals surface area contributed by atoms with Crippen molar-refractivity contribution in [3.05, 3.63) is 11.6 Å². The Balaban J connectivity index is 1.11. The number of hydrogen-bond acceptors (Lipinski definition) is 12. The first-order valence-corrected chi connectivity index (χ1v) is 20.7. The maximum atomic E-state index is 13.1.